The lowest BCUT2D eigenvalue weighted by Gasteiger charge is -1.89. The molecule has 12 heavy (non-hydrogen) atoms. The van der Waals surface area contributed by atoms with E-state index in [9.17, 15) is 4.79 Å². The third-order valence-corrected chi connectivity index (χ3v) is 1.31. The second kappa shape index (κ2) is 7.79. The van der Waals surface area contributed by atoms with Crippen LogP contribution >= 0.6 is 0 Å². The van der Waals surface area contributed by atoms with Crippen LogP contribution in [0.2, 0.25) is 0 Å². The Balaban J connectivity index is 3.54. The van der Waals surface area contributed by atoms with Gasteiger partial charge in [-0.2, -0.15) is 0 Å². The molecule has 0 spiro atoms. The Morgan fingerprint density at radius 3 is 2.75 bits per heavy atom. The van der Waals surface area contributed by atoms with Crippen molar-refractivity contribution in [2.45, 2.75) is 19.3 Å². The molecule has 1 N–H and O–H groups in total. The van der Waals surface area contributed by atoms with E-state index in [0.29, 0.717) is 6.29 Å². The maximum Gasteiger partial charge on any atom is 0.146 e. The van der Waals surface area contributed by atoms with E-state index in [1.165, 1.54) is 6.08 Å². The Hall–Kier alpha value is -1.31. The SMILES string of the molecule is C=CCCC/C=C\C(O)=C/C=O. The number of aliphatic hydroxyl groups excluding tert-OH is 1. The van der Waals surface area contributed by atoms with E-state index < -0.39 is 0 Å². The number of carbonyl (C=O) groups excluding carboxylic acids is 1. The van der Waals surface area contributed by atoms with E-state index in [1.54, 1.807) is 0 Å². The average Bonchev–Trinajstić information content (AvgIpc) is 2.05. The number of carbonyl (C=O) groups is 1. The highest BCUT2D eigenvalue weighted by atomic mass is 16.3. The van der Waals surface area contributed by atoms with Crippen molar-refractivity contribution in [1.82, 2.24) is 0 Å². The lowest BCUT2D eigenvalue weighted by atomic mass is 10.2. The lowest BCUT2D eigenvalue weighted by molar-refractivity contribution is -0.104. The van der Waals surface area contributed by atoms with Crippen LogP contribution in [0.4, 0.5) is 0 Å². The first-order chi connectivity index (χ1) is 5.81. The molecule has 0 amide bonds. The molecule has 0 aliphatic carbocycles. The Bertz CT molecular complexity index is 190. The number of rotatable bonds is 6. The van der Waals surface area contributed by atoms with Gasteiger partial charge in [0.25, 0.3) is 0 Å². The van der Waals surface area contributed by atoms with Crippen LogP contribution in [0.5, 0.6) is 0 Å². The first-order valence-corrected chi connectivity index (χ1v) is 3.93. The van der Waals surface area contributed by atoms with E-state index in [2.05, 4.69) is 6.58 Å². The molecule has 0 aromatic carbocycles. The molecule has 0 fully saturated rings. The molecule has 0 aromatic heterocycles. The standard InChI is InChI=1S/C10H14O2/c1-2-3-4-5-6-7-10(12)8-9-11/h2,6-9,12H,1,3-5H2/b7-6-,10-8+. The zero-order valence-electron chi connectivity index (χ0n) is 7.07. The molecule has 0 bridgehead atoms. The molecule has 0 atom stereocenters. The van der Waals surface area contributed by atoms with Crippen molar-refractivity contribution in [2.75, 3.05) is 0 Å². The molecule has 0 heterocycles. The molecule has 0 radical (unpaired) electrons. The third kappa shape index (κ3) is 6.81. The molecule has 0 rings (SSSR count). The number of hydrogen-bond donors (Lipinski definition) is 1. The normalized spacial score (nSPS) is 11.8. The number of aliphatic hydroxyl groups is 1. The number of allylic oxidation sites excluding steroid dienone is 4. The maximum atomic E-state index is 9.87. The van der Waals surface area contributed by atoms with Gasteiger partial charge in [0.05, 0.1) is 0 Å². The van der Waals surface area contributed by atoms with Crippen LogP contribution in [0, 0.1) is 0 Å². The summed E-state index contributed by atoms with van der Waals surface area (Å²) in [5, 5.41) is 8.93. The van der Waals surface area contributed by atoms with Gasteiger partial charge in [-0.15, -0.1) is 6.58 Å². The third-order valence-electron chi connectivity index (χ3n) is 1.31. The van der Waals surface area contributed by atoms with Gasteiger partial charge < -0.3 is 5.11 Å². The highest BCUT2D eigenvalue weighted by Crippen LogP contribution is 1.98. The van der Waals surface area contributed by atoms with E-state index in [4.69, 9.17) is 5.11 Å². The van der Waals surface area contributed by atoms with E-state index >= 15 is 0 Å². The molecule has 0 unspecified atom stereocenters. The monoisotopic (exact) mass is 166 g/mol. The molecule has 0 aromatic rings. The zero-order valence-corrected chi connectivity index (χ0v) is 7.07. The van der Waals surface area contributed by atoms with E-state index in [1.807, 2.05) is 12.2 Å². The summed E-state index contributed by atoms with van der Waals surface area (Å²) in [5.74, 6) is 0.00334. The molecular weight excluding hydrogens is 152 g/mol. The fraction of sp³-hybridized carbons (Fsp3) is 0.300. The van der Waals surface area contributed by atoms with Crippen LogP contribution in [0.15, 0.2) is 36.6 Å². The van der Waals surface area contributed by atoms with Gasteiger partial charge in [-0.3, -0.25) is 4.79 Å². The number of unbranched alkanes of at least 4 members (excludes halogenated alkanes) is 2. The quantitative estimate of drug-likeness (QED) is 0.164. The Morgan fingerprint density at radius 1 is 1.42 bits per heavy atom. The van der Waals surface area contributed by atoms with Crippen LogP contribution in [0.25, 0.3) is 0 Å². The van der Waals surface area contributed by atoms with Crippen LogP contribution < -0.4 is 0 Å². The summed E-state index contributed by atoms with van der Waals surface area (Å²) in [7, 11) is 0. The van der Waals surface area contributed by atoms with Crippen LogP contribution in [-0.4, -0.2) is 11.4 Å². The minimum atomic E-state index is 0.00334. The highest BCUT2D eigenvalue weighted by Gasteiger charge is 1.83. The summed E-state index contributed by atoms with van der Waals surface area (Å²) in [4.78, 5) is 9.87. The predicted molar refractivity (Wildman–Crippen MR) is 50.0 cm³/mol. The topological polar surface area (TPSA) is 37.3 Å². The molecule has 2 nitrogen and oxygen atoms in total. The van der Waals surface area contributed by atoms with Crippen LogP contribution in [0.1, 0.15) is 19.3 Å². The Labute approximate surface area is 72.9 Å². The summed E-state index contributed by atoms with van der Waals surface area (Å²) < 4.78 is 0. The van der Waals surface area contributed by atoms with Gasteiger partial charge in [0.2, 0.25) is 0 Å². The van der Waals surface area contributed by atoms with Gasteiger partial charge >= 0.3 is 0 Å². The largest absolute Gasteiger partial charge is 0.508 e. The fourth-order valence-corrected chi connectivity index (χ4v) is 0.709. The van der Waals surface area contributed by atoms with Crippen molar-refractivity contribution in [3.63, 3.8) is 0 Å². The minimum absolute atomic E-state index is 0.00334. The first kappa shape index (κ1) is 10.7. The lowest BCUT2D eigenvalue weighted by Crippen LogP contribution is -1.75. The summed E-state index contributed by atoms with van der Waals surface area (Å²) in [5.41, 5.74) is 0. The highest BCUT2D eigenvalue weighted by molar-refractivity contribution is 5.66. The molecular formula is C10H14O2. The second-order valence-electron chi connectivity index (χ2n) is 2.35. The molecule has 0 saturated carbocycles. The predicted octanol–water partition coefficient (Wildman–Crippen LogP) is 2.54. The number of hydrogen-bond acceptors (Lipinski definition) is 2. The molecule has 0 aliphatic heterocycles. The summed E-state index contributed by atoms with van der Waals surface area (Å²) in [6.07, 6.45) is 9.78. The smallest absolute Gasteiger partial charge is 0.146 e. The van der Waals surface area contributed by atoms with Gasteiger partial charge in [0.1, 0.15) is 12.0 Å². The van der Waals surface area contributed by atoms with Gasteiger partial charge in [0.15, 0.2) is 0 Å². The molecule has 2 heteroatoms. The van der Waals surface area contributed by atoms with Crippen LogP contribution in [-0.2, 0) is 4.79 Å². The van der Waals surface area contributed by atoms with Crippen molar-refractivity contribution < 1.29 is 9.90 Å². The van der Waals surface area contributed by atoms with Crippen LogP contribution in [0.3, 0.4) is 0 Å². The van der Waals surface area contributed by atoms with E-state index in [0.717, 1.165) is 25.3 Å². The summed E-state index contributed by atoms with van der Waals surface area (Å²) in [6, 6.07) is 0. The average molecular weight is 166 g/mol. The van der Waals surface area contributed by atoms with Crippen molar-refractivity contribution in [2.24, 2.45) is 0 Å². The fourth-order valence-electron chi connectivity index (χ4n) is 0.709. The summed E-state index contributed by atoms with van der Waals surface area (Å²) in [6.45, 7) is 3.59. The maximum absolute atomic E-state index is 9.87. The second-order valence-corrected chi connectivity index (χ2v) is 2.35. The van der Waals surface area contributed by atoms with Gasteiger partial charge in [0, 0.05) is 6.08 Å². The minimum Gasteiger partial charge on any atom is -0.508 e. The van der Waals surface area contributed by atoms with Crippen molar-refractivity contribution in [3.05, 3.63) is 36.6 Å². The number of aldehydes is 1. The van der Waals surface area contributed by atoms with E-state index in [-0.39, 0.29) is 5.76 Å². The summed E-state index contributed by atoms with van der Waals surface area (Å²) >= 11 is 0. The molecule has 66 valence electrons. The molecule has 0 aliphatic rings. The van der Waals surface area contributed by atoms with Gasteiger partial charge in [-0.25, -0.2) is 0 Å². The van der Waals surface area contributed by atoms with Crippen molar-refractivity contribution in [3.8, 4) is 0 Å². The van der Waals surface area contributed by atoms with Crippen molar-refractivity contribution >= 4 is 6.29 Å². The van der Waals surface area contributed by atoms with Gasteiger partial charge in [-0.1, -0.05) is 12.2 Å². The first-order valence-electron chi connectivity index (χ1n) is 3.93. The zero-order chi connectivity index (χ0) is 9.23. The van der Waals surface area contributed by atoms with Crippen molar-refractivity contribution in [1.29, 1.82) is 0 Å². The van der Waals surface area contributed by atoms with Gasteiger partial charge in [-0.05, 0) is 25.3 Å². The molecule has 0 saturated heterocycles. The Morgan fingerprint density at radius 2 is 2.17 bits per heavy atom. The Kier molecular flexibility index (Phi) is 6.94.